The zero-order valence-corrected chi connectivity index (χ0v) is 11.7. The average molecular weight is 264 g/mol. The molecule has 1 aromatic heterocycles. The highest BCUT2D eigenvalue weighted by molar-refractivity contribution is 5.00. The molecule has 1 heterocycles. The molecule has 3 atom stereocenters. The van der Waals surface area contributed by atoms with Gasteiger partial charge in [-0.2, -0.15) is 4.98 Å². The van der Waals surface area contributed by atoms with Crippen molar-refractivity contribution in [2.75, 3.05) is 0 Å². The fourth-order valence-electron chi connectivity index (χ4n) is 3.65. The maximum Gasteiger partial charge on any atom is 0.229 e. The van der Waals surface area contributed by atoms with E-state index >= 15 is 0 Å². The molecule has 0 aliphatic heterocycles. The van der Waals surface area contributed by atoms with Crippen LogP contribution in [0.15, 0.2) is 4.52 Å². The number of nitrogens with zero attached hydrogens (tertiary/aromatic N) is 2. The fourth-order valence-corrected chi connectivity index (χ4v) is 3.65. The molecule has 0 bridgehead atoms. The smallest absolute Gasteiger partial charge is 0.229 e. The van der Waals surface area contributed by atoms with Gasteiger partial charge in [0.15, 0.2) is 5.82 Å². The first-order valence-electron chi connectivity index (χ1n) is 7.73. The lowest BCUT2D eigenvalue weighted by atomic mass is 9.98. The van der Waals surface area contributed by atoms with Crippen LogP contribution in [0.5, 0.6) is 0 Å². The average Bonchev–Trinajstić information content (AvgIpc) is 3.07. The molecular formula is C15H24N2O2. The van der Waals surface area contributed by atoms with E-state index in [0.29, 0.717) is 24.1 Å². The van der Waals surface area contributed by atoms with Crippen molar-refractivity contribution in [3.63, 3.8) is 0 Å². The third kappa shape index (κ3) is 2.99. The molecule has 106 valence electrons. The van der Waals surface area contributed by atoms with Crippen LogP contribution in [-0.4, -0.2) is 21.4 Å². The molecule has 19 heavy (non-hydrogen) atoms. The lowest BCUT2D eigenvalue weighted by molar-refractivity contribution is 0.102. The first-order chi connectivity index (χ1) is 9.22. The van der Waals surface area contributed by atoms with Crippen molar-refractivity contribution in [1.29, 1.82) is 0 Å². The number of hydrogen-bond donors (Lipinski definition) is 1. The van der Waals surface area contributed by atoms with Crippen LogP contribution in [-0.2, 0) is 6.42 Å². The van der Waals surface area contributed by atoms with Crippen LogP contribution in [0.25, 0.3) is 0 Å². The molecule has 2 aliphatic rings. The molecule has 2 saturated carbocycles. The third-order valence-corrected chi connectivity index (χ3v) is 4.87. The minimum absolute atomic E-state index is 0.307. The monoisotopic (exact) mass is 264 g/mol. The Labute approximate surface area is 114 Å². The summed E-state index contributed by atoms with van der Waals surface area (Å²) in [6.07, 6.45) is 8.60. The van der Waals surface area contributed by atoms with Crippen LogP contribution >= 0.6 is 0 Å². The normalized spacial score (nSPS) is 30.0. The summed E-state index contributed by atoms with van der Waals surface area (Å²) in [7, 11) is 0. The molecule has 1 aromatic rings. The van der Waals surface area contributed by atoms with Crippen molar-refractivity contribution in [2.45, 2.75) is 70.3 Å². The van der Waals surface area contributed by atoms with E-state index in [4.69, 9.17) is 4.52 Å². The Balaban J connectivity index is 1.58. The number of aliphatic hydroxyl groups excluding tert-OH is 1. The van der Waals surface area contributed by atoms with Crippen molar-refractivity contribution in [3.05, 3.63) is 11.7 Å². The molecular weight excluding hydrogens is 240 g/mol. The number of aromatic nitrogens is 2. The maximum absolute atomic E-state index is 10.2. The lowest BCUT2D eigenvalue weighted by Crippen LogP contribution is -2.20. The number of hydrogen-bond acceptors (Lipinski definition) is 4. The molecule has 0 radical (unpaired) electrons. The SMILES string of the molecule is CC1CCC(c2noc(CC(O)C3CCCC3)n2)C1. The van der Waals surface area contributed by atoms with Gasteiger partial charge in [-0.1, -0.05) is 24.9 Å². The first kappa shape index (κ1) is 13.1. The molecule has 0 saturated heterocycles. The van der Waals surface area contributed by atoms with Gasteiger partial charge in [0, 0.05) is 5.92 Å². The van der Waals surface area contributed by atoms with Gasteiger partial charge in [-0.25, -0.2) is 0 Å². The van der Waals surface area contributed by atoms with Gasteiger partial charge < -0.3 is 9.63 Å². The summed E-state index contributed by atoms with van der Waals surface area (Å²) in [4.78, 5) is 4.50. The van der Waals surface area contributed by atoms with Gasteiger partial charge in [0.05, 0.1) is 12.5 Å². The molecule has 3 unspecified atom stereocenters. The number of rotatable bonds is 4. The molecule has 1 N–H and O–H groups in total. The van der Waals surface area contributed by atoms with E-state index in [1.807, 2.05) is 0 Å². The third-order valence-electron chi connectivity index (χ3n) is 4.87. The van der Waals surface area contributed by atoms with E-state index in [9.17, 15) is 5.11 Å². The molecule has 0 spiro atoms. The molecule has 2 fully saturated rings. The summed E-state index contributed by atoms with van der Waals surface area (Å²) >= 11 is 0. The van der Waals surface area contributed by atoms with E-state index in [2.05, 4.69) is 17.1 Å². The van der Waals surface area contributed by atoms with Gasteiger partial charge in [0.1, 0.15) is 0 Å². The van der Waals surface area contributed by atoms with Gasteiger partial charge in [-0.15, -0.1) is 0 Å². The van der Waals surface area contributed by atoms with Gasteiger partial charge in [0.25, 0.3) is 0 Å². The Kier molecular flexibility index (Phi) is 3.87. The predicted octanol–water partition coefficient (Wildman–Crippen LogP) is 3.07. The van der Waals surface area contributed by atoms with Gasteiger partial charge >= 0.3 is 0 Å². The molecule has 3 rings (SSSR count). The summed E-state index contributed by atoms with van der Waals surface area (Å²) in [5.74, 6) is 3.15. The minimum Gasteiger partial charge on any atom is -0.392 e. The fraction of sp³-hybridized carbons (Fsp3) is 0.867. The molecule has 4 heteroatoms. The summed E-state index contributed by atoms with van der Waals surface area (Å²) in [5, 5.41) is 14.3. The zero-order chi connectivity index (χ0) is 13.2. The second-order valence-electron chi connectivity index (χ2n) is 6.48. The molecule has 4 nitrogen and oxygen atoms in total. The van der Waals surface area contributed by atoms with Crippen LogP contribution in [0.1, 0.15) is 69.5 Å². The van der Waals surface area contributed by atoms with E-state index < -0.39 is 0 Å². The minimum atomic E-state index is -0.307. The molecule has 0 amide bonds. The zero-order valence-electron chi connectivity index (χ0n) is 11.7. The number of aliphatic hydroxyl groups is 1. The van der Waals surface area contributed by atoms with Crippen LogP contribution < -0.4 is 0 Å². The Morgan fingerprint density at radius 2 is 2.05 bits per heavy atom. The van der Waals surface area contributed by atoms with Crippen molar-refractivity contribution in [1.82, 2.24) is 10.1 Å². The standard InChI is InChI=1S/C15H24N2O2/c1-10-6-7-12(8-10)15-16-14(19-17-15)9-13(18)11-4-2-3-5-11/h10-13,18H,2-9H2,1H3. The van der Waals surface area contributed by atoms with E-state index in [0.717, 1.165) is 24.6 Å². The lowest BCUT2D eigenvalue weighted by Gasteiger charge is -2.14. The van der Waals surface area contributed by atoms with Crippen molar-refractivity contribution in [2.24, 2.45) is 11.8 Å². The first-order valence-corrected chi connectivity index (χ1v) is 7.73. The molecule has 0 aromatic carbocycles. The Hall–Kier alpha value is -0.900. The summed E-state index contributed by atoms with van der Waals surface area (Å²) < 4.78 is 5.32. The van der Waals surface area contributed by atoms with Gasteiger partial charge in [-0.05, 0) is 43.9 Å². The van der Waals surface area contributed by atoms with Crippen molar-refractivity contribution < 1.29 is 9.63 Å². The highest BCUT2D eigenvalue weighted by atomic mass is 16.5. The van der Waals surface area contributed by atoms with Crippen LogP contribution in [0, 0.1) is 11.8 Å². The Morgan fingerprint density at radius 3 is 2.74 bits per heavy atom. The van der Waals surface area contributed by atoms with E-state index in [-0.39, 0.29) is 6.10 Å². The topological polar surface area (TPSA) is 59.2 Å². The second kappa shape index (κ2) is 5.61. The van der Waals surface area contributed by atoms with E-state index in [1.54, 1.807) is 0 Å². The summed E-state index contributed by atoms with van der Waals surface area (Å²) in [5.41, 5.74) is 0. The van der Waals surface area contributed by atoms with Crippen LogP contribution in [0.2, 0.25) is 0 Å². The largest absolute Gasteiger partial charge is 0.392 e. The Bertz CT molecular complexity index is 412. The van der Waals surface area contributed by atoms with Gasteiger partial charge in [0.2, 0.25) is 5.89 Å². The van der Waals surface area contributed by atoms with Crippen LogP contribution in [0.4, 0.5) is 0 Å². The van der Waals surface area contributed by atoms with Crippen molar-refractivity contribution in [3.8, 4) is 0 Å². The maximum atomic E-state index is 10.2. The molecule has 2 aliphatic carbocycles. The Morgan fingerprint density at radius 1 is 1.26 bits per heavy atom. The summed E-state index contributed by atoms with van der Waals surface area (Å²) in [6, 6.07) is 0. The summed E-state index contributed by atoms with van der Waals surface area (Å²) in [6.45, 7) is 2.28. The van der Waals surface area contributed by atoms with Crippen molar-refractivity contribution >= 4 is 0 Å². The quantitative estimate of drug-likeness (QED) is 0.908. The van der Waals surface area contributed by atoms with E-state index in [1.165, 1.54) is 32.1 Å². The highest BCUT2D eigenvalue weighted by Crippen LogP contribution is 2.36. The predicted molar refractivity (Wildman–Crippen MR) is 71.7 cm³/mol. The van der Waals surface area contributed by atoms with Crippen LogP contribution in [0.3, 0.4) is 0 Å². The second-order valence-corrected chi connectivity index (χ2v) is 6.48. The highest BCUT2D eigenvalue weighted by Gasteiger charge is 2.28. The van der Waals surface area contributed by atoms with Gasteiger partial charge in [-0.3, -0.25) is 0 Å².